The second kappa shape index (κ2) is 7.31. The molecule has 0 saturated carbocycles. The van der Waals surface area contributed by atoms with Crippen LogP contribution in [0.1, 0.15) is 45.1 Å². The SMILES string of the molecule is CCC(CC)(CC(=O)O)NC(=O)CCc1c[nH]c2ccccc12. The van der Waals surface area contributed by atoms with Crippen LogP contribution in [0.4, 0.5) is 0 Å². The van der Waals surface area contributed by atoms with Crippen molar-refractivity contribution in [3.05, 3.63) is 36.0 Å². The Bertz CT molecular complexity index is 686. The molecule has 23 heavy (non-hydrogen) atoms. The van der Waals surface area contributed by atoms with Crippen LogP contribution in [0.15, 0.2) is 30.5 Å². The summed E-state index contributed by atoms with van der Waals surface area (Å²) in [5.41, 5.74) is 1.51. The van der Waals surface area contributed by atoms with E-state index < -0.39 is 11.5 Å². The van der Waals surface area contributed by atoms with Gasteiger partial charge in [-0.1, -0.05) is 32.0 Å². The molecule has 0 fully saturated rings. The van der Waals surface area contributed by atoms with E-state index in [4.69, 9.17) is 5.11 Å². The molecule has 0 radical (unpaired) electrons. The highest BCUT2D eigenvalue weighted by molar-refractivity contribution is 5.84. The molecule has 0 saturated heterocycles. The maximum Gasteiger partial charge on any atom is 0.305 e. The molecular weight excluding hydrogens is 292 g/mol. The monoisotopic (exact) mass is 316 g/mol. The lowest BCUT2D eigenvalue weighted by atomic mass is 9.88. The Balaban J connectivity index is 2.00. The van der Waals surface area contributed by atoms with Gasteiger partial charge in [0, 0.05) is 29.1 Å². The number of aromatic amines is 1. The first-order valence-corrected chi connectivity index (χ1v) is 8.07. The van der Waals surface area contributed by atoms with E-state index in [9.17, 15) is 9.59 Å². The zero-order chi connectivity index (χ0) is 16.9. The largest absolute Gasteiger partial charge is 0.481 e. The number of benzene rings is 1. The van der Waals surface area contributed by atoms with E-state index in [1.54, 1.807) is 0 Å². The molecule has 1 aromatic carbocycles. The second-order valence-corrected chi connectivity index (χ2v) is 5.97. The third-order valence-electron chi connectivity index (χ3n) is 4.54. The fraction of sp³-hybridized carbons (Fsp3) is 0.444. The summed E-state index contributed by atoms with van der Waals surface area (Å²) in [5, 5.41) is 13.1. The number of hydrogen-bond donors (Lipinski definition) is 3. The normalized spacial score (nSPS) is 11.6. The van der Waals surface area contributed by atoms with Crippen LogP contribution in [-0.2, 0) is 16.0 Å². The molecule has 0 aliphatic rings. The number of aryl methyl sites for hydroxylation is 1. The number of fused-ring (bicyclic) bond motifs is 1. The van der Waals surface area contributed by atoms with Gasteiger partial charge in [0.05, 0.1) is 6.42 Å². The molecule has 1 amide bonds. The van der Waals surface area contributed by atoms with Crippen LogP contribution in [0.5, 0.6) is 0 Å². The Kier molecular flexibility index (Phi) is 5.42. The highest BCUT2D eigenvalue weighted by Crippen LogP contribution is 2.22. The van der Waals surface area contributed by atoms with Crippen molar-refractivity contribution in [2.75, 3.05) is 0 Å². The van der Waals surface area contributed by atoms with E-state index in [0.29, 0.717) is 25.7 Å². The van der Waals surface area contributed by atoms with E-state index in [1.807, 2.05) is 44.3 Å². The molecule has 1 heterocycles. The smallest absolute Gasteiger partial charge is 0.305 e. The first-order valence-electron chi connectivity index (χ1n) is 8.07. The average Bonchev–Trinajstić information content (AvgIpc) is 2.95. The van der Waals surface area contributed by atoms with Crippen molar-refractivity contribution in [2.24, 2.45) is 0 Å². The molecule has 2 rings (SSSR count). The second-order valence-electron chi connectivity index (χ2n) is 5.97. The molecule has 5 nitrogen and oxygen atoms in total. The molecule has 0 unspecified atom stereocenters. The fourth-order valence-corrected chi connectivity index (χ4v) is 2.96. The summed E-state index contributed by atoms with van der Waals surface area (Å²) in [6.07, 6.45) is 4.08. The van der Waals surface area contributed by atoms with E-state index in [-0.39, 0.29) is 12.3 Å². The standard InChI is InChI=1S/C18H24N2O3/c1-3-18(4-2,11-17(22)23)20-16(21)10-9-13-12-19-15-8-6-5-7-14(13)15/h5-8,12,19H,3-4,9-11H2,1-2H3,(H,20,21)(H,22,23). The lowest BCUT2D eigenvalue weighted by Crippen LogP contribution is -2.49. The number of carbonyl (C=O) groups excluding carboxylic acids is 1. The highest BCUT2D eigenvalue weighted by atomic mass is 16.4. The van der Waals surface area contributed by atoms with Crippen molar-refractivity contribution >= 4 is 22.8 Å². The summed E-state index contributed by atoms with van der Waals surface area (Å²) in [5.74, 6) is -0.981. The quantitative estimate of drug-likeness (QED) is 0.699. The Hall–Kier alpha value is -2.30. The van der Waals surface area contributed by atoms with Gasteiger partial charge in [0.2, 0.25) is 5.91 Å². The van der Waals surface area contributed by atoms with E-state index in [2.05, 4.69) is 10.3 Å². The van der Waals surface area contributed by atoms with Crippen molar-refractivity contribution in [3.63, 3.8) is 0 Å². The molecule has 1 aromatic heterocycles. The third kappa shape index (κ3) is 4.12. The van der Waals surface area contributed by atoms with Crippen LogP contribution in [0.3, 0.4) is 0 Å². The average molecular weight is 316 g/mol. The predicted molar refractivity (Wildman–Crippen MR) is 90.3 cm³/mol. The van der Waals surface area contributed by atoms with Gasteiger partial charge in [-0.25, -0.2) is 0 Å². The van der Waals surface area contributed by atoms with Crippen molar-refractivity contribution in [1.82, 2.24) is 10.3 Å². The number of nitrogens with one attached hydrogen (secondary N) is 2. The molecule has 0 aliphatic carbocycles. The molecule has 2 aromatic rings. The molecule has 0 aliphatic heterocycles. The van der Waals surface area contributed by atoms with Crippen LogP contribution in [0, 0.1) is 0 Å². The Morgan fingerprint density at radius 1 is 1.22 bits per heavy atom. The Morgan fingerprint density at radius 2 is 1.91 bits per heavy atom. The summed E-state index contributed by atoms with van der Waals surface area (Å²) in [6.45, 7) is 3.82. The number of carboxylic acid groups (broad SMARTS) is 1. The maximum atomic E-state index is 12.3. The summed E-state index contributed by atoms with van der Waals surface area (Å²) < 4.78 is 0. The number of amides is 1. The molecule has 0 bridgehead atoms. The van der Waals surface area contributed by atoms with E-state index in [0.717, 1.165) is 16.5 Å². The lowest BCUT2D eigenvalue weighted by molar-refractivity contribution is -0.139. The zero-order valence-corrected chi connectivity index (χ0v) is 13.7. The summed E-state index contributed by atoms with van der Waals surface area (Å²) >= 11 is 0. The van der Waals surface area contributed by atoms with Gasteiger partial charge in [0.1, 0.15) is 0 Å². The minimum absolute atomic E-state index is 0.0428. The number of carbonyl (C=O) groups is 2. The number of rotatable bonds is 8. The van der Waals surface area contributed by atoms with Gasteiger partial charge in [-0.05, 0) is 30.9 Å². The number of para-hydroxylation sites is 1. The highest BCUT2D eigenvalue weighted by Gasteiger charge is 2.30. The number of hydrogen-bond acceptors (Lipinski definition) is 2. The lowest BCUT2D eigenvalue weighted by Gasteiger charge is -2.31. The van der Waals surface area contributed by atoms with Gasteiger partial charge in [0.25, 0.3) is 0 Å². The minimum atomic E-state index is -0.884. The topological polar surface area (TPSA) is 82.2 Å². The van der Waals surface area contributed by atoms with Gasteiger partial charge in [-0.15, -0.1) is 0 Å². The number of H-pyrrole nitrogens is 1. The van der Waals surface area contributed by atoms with Crippen molar-refractivity contribution in [3.8, 4) is 0 Å². The number of aromatic nitrogens is 1. The molecule has 0 atom stereocenters. The first kappa shape index (κ1) is 17.1. The van der Waals surface area contributed by atoms with Crippen molar-refractivity contribution < 1.29 is 14.7 Å². The van der Waals surface area contributed by atoms with Crippen LogP contribution in [0.25, 0.3) is 10.9 Å². The molecular formula is C18H24N2O3. The molecule has 0 spiro atoms. The zero-order valence-electron chi connectivity index (χ0n) is 13.7. The van der Waals surface area contributed by atoms with E-state index in [1.165, 1.54) is 0 Å². The summed E-state index contributed by atoms with van der Waals surface area (Å²) in [7, 11) is 0. The summed E-state index contributed by atoms with van der Waals surface area (Å²) in [6, 6.07) is 7.99. The summed E-state index contributed by atoms with van der Waals surface area (Å²) in [4.78, 5) is 26.5. The maximum absolute atomic E-state index is 12.3. The van der Waals surface area contributed by atoms with Gasteiger partial charge >= 0.3 is 5.97 Å². The van der Waals surface area contributed by atoms with Crippen LogP contribution < -0.4 is 5.32 Å². The Labute approximate surface area is 136 Å². The predicted octanol–water partition coefficient (Wildman–Crippen LogP) is 3.25. The van der Waals surface area contributed by atoms with Gasteiger partial charge < -0.3 is 15.4 Å². The van der Waals surface area contributed by atoms with Crippen LogP contribution in [-0.4, -0.2) is 27.5 Å². The van der Waals surface area contributed by atoms with Gasteiger partial charge in [-0.2, -0.15) is 0 Å². The fourth-order valence-electron chi connectivity index (χ4n) is 2.96. The molecule has 5 heteroatoms. The molecule has 3 N–H and O–H groups in total. The van der Waals surface area contributed by atoms with Crippen LogP contribution >= 0.6 is 0 Å². The Morgan fingerprint density at radius 3 is 2.57 bits per heavy atom. The van der Waals surface area contributed by atoms with Gasteiger partial charge in [-0.3, -0.25) is 9.59 Å². The van der Waals surface area contributed by atoms with E-state index >= 15 is 0 Å². The van der Waals surface area contributed by atoms with Gasteiger partial charge in [0.15, 0.2) is 0 Å². The third-order valence-corrected chi connectivity index (χ3v) is 4.54. The number of aliphatic carboxylic acids is 1. The number of carboxylic acids is 1. The van der Waals surface area contributed by atoms with Crippen LogP contribution in [0.2, 0.25) is 0 Å². The van der Waals surface area contributed by atoms with Crippen molar-refractivity contribution in [2.45, 2.75) is 51.5 Å². The first-order chi connectivity index (χ1) is 11.0. The molecule has 124 valence electrons. The van der Waals surface area contributed by atoms with Crippen molar-refractivity contribution in [1.29, 1.82) is 0 Å². The minimum Gasteiger partial charge on any atom is -0.481 e.